The van der Waals surface area contributed by atoms with Crippen LogP contribution in [0.2, 0.25) is 0 Å². The van der Waals surface area contributed by atoms with Crippen molar-refractivity contribution >= 4 is 15.9 Å². The Morgan fingerprint density at radius 2 is 2.10 bits per heavy atom. The monoisotopic (exact) mass is 337 g/mol. The zero-order valence-electron chi connectivity index (χ0n) is 12.0. The second-order valence-electron chi connectivity index (χ2n) is 6.04. The van der Waals surface area contributed by atoms with Gasteiger partial charge in [0, 0.05) is 4.47 Å². The molecule has 3 heteroatoms. The van der Waals surface area contributed by atoms with Crippen molar-refractivity contribution in [3.63, 3.8) is 0 Å². The van der Waals surface area contributed by atoms with Crippen molar-refractivity contribution in [1.29, 1.82) is 5.26 Å². The van der Waals surface area contributed by atoms with Gasteiger partial charge in [0.25, 0.3) is 0 Å². The third-order valence-electron chi connectivity index (χ3n) is 4.54. The first-order valence-electron chi connectivity index (χ1n) is 7.44. The van der Waals surface area contributed by atoms with Crippen LogP contribution in [0.1, 0.15) is 51.0 Å². The molecule has 0 amide bonds. The largest absolute Gasteiger partial charge is 0.207 e. The molecule has 0 spiro atoms. The highest BCUT2D eigenvalue weighted by molar-refractivity contribution is 9.10. The zero-order chi connectivity index (χ0) is 14.6. The number of nitriles is 1. The molecular formula is C17H21BrFN. The maximum absolute atomic E-state index is 13.1. The van der Waals surface area contributed by atoms with Crippen LogP contribution in [0.3, 0.4) is 0 Å². The second-order valence-corrected chi connectivity index (χ2v) is 6.89. The highest BCUT2D eigenvalue weighted by Crippen LogP contribution is 2.43. The van der Waals surface area contributed by atoms with Crippen molar-refractivity contribution in [1.82, 2.24) is 0 Å². The number of nitrogens with zero attached hydrogens (tertiary/aromatic N) is 1. The minimum atomic E-state index is -0.259. The minimum absolute atomic E-state index is 0.238. The second kappa shape index (κ2) is 6.72. The molecule has 1 saturated carbocycles. The van der Waals surface area contributed by atoms with E-state index in [2.05, 4.69) is 28.9 Å². The SMILES string of the molecule is CCCC1CCC(C#N)(Cc2ccc(F)cc2Br)CC1. The van der Waals surface area contributed by atoms with Gasteiger partial charge < -0.3 is 0 Å². The summed E-state index contributed by atoms with van der Waals surface area (Å²) in [7, 11) is 0. The maximum Gasteiger partial charge on any atom is 0.124 e. The number of rotatable bonds is 4. The van der Waals surface area contributed by atoms with Gasteiger partial charge in [-0.2, -0.15) is 5.26 Å². The van der Waals surface area contributed by atoms with Crippen LogP contribution >= 0.6 is 15.9 Å². The summed E-state index contributed by atoms with van der Waals surface area (Å²) in [6.45, 7) is 2.22. The van der Waals surface area contributed by atoms with Gasteiger partial charge in [-0.05, 0) is 55.7 Å². The van der Waals surface area contributed by atoms with Gasteiger partial charge in [0.15, 0.2) is 0 Å². The van der Waals surface area contributed by atoms with Gasteiger partial charge in [0.2, 0.25) is 0 Å². The Hall–Kier alpha value is -0.880. The van der Waals surface area contributed by atoms with E-state index in [0.717, 1.165) is 48.1 Å². The van der Waals surface area contributed by atoms with Crippen LogP contribution < -0.4 is 0 Å². The van der Waals surface area contributed by atoms with Crippen LogP contribution in [-0.4, -0.2) is 0 Å². The van der Waals surface area contributed by atoms with Crippen molar-refractivity contribution in [2.24, 2.45) is 11.3 Å². The van der Waals surface area contributed by atoms with Gasteiger partial charge in [-0.25, -0.2) is 4.39 Å². The quantitative estimate of drug-likeness (QED) is 0.698. The summed E-state index contributed by atoms with van der Waals surface area (Å²) < 4.78 is 13.9. The Labute approximate surface area is 129 Å². The Morgan fingerprint density at radius 1 is 1.40 bits per heavy atom. The molecular weight excluding hydrogens is 317 g/mol. The molecule has 1 aromatic rings. The highest BCUT2D eigenvalue weighted by atomic mass is 79.9. The molecule has 0 atom stereocenters. The van der Waals surface area contributed by atoms with E-state index in [1.165, 1.54) is 25.0 Å². The summed E-state index contributed by atoms with van der Waals surface area (Å²) in [4.78, 5) is 0. The van der Waals surface area contributed by atoms with Gasteiger partial charge in [-0.1, -0.05) is 41.8 Å². The molecule has 0 bridgehead atoms. The number of hydrogen-bond acceptors (Lipinski definition) is 1. The summed E-state index contributed by atoms with van der Waals surface area (Å²) in [5.41, 5.74) is 0.784. The Balaban J connectivity index is 2.08. The molecule has 0 saturated heterocycles. The Morgan fingerprint density at radius 3 is 2.65 bits per heavy atom. The number of hydrogen-bond donors (Lipinski definition) is 0. The molecule has 1 aliphatic carbocycles. The molecule has 0 radical (unpaired) electrons. The number of benzene rings is 1. The van der Waals surface area contributed by atoms with E-state index in [4.69, 9.17) is 0 Å². The fourth-order valence-electron chi connectivity index (χ4n) is 3.28. The summed E-state index contributed by atoms with van der Waals surface area (Å²) in [6, 6.07) is 7.33. The Bertz CT molecular complexity index is 498. The Kier molecular flexibility index (Phi) is 5.21. The fraction of sp³-hybridized carbons (Fsp3) is 0.588. The van der Waals surface area contributed by atoms with Crippen LogP contribution in [0, 0.1) is 28.5 Å². The lowest BCUT2D eigenvalue weighted by Crippen LogP contribution is -2.28. The van der Waals surface area contributed by atoms with Crippen LogP contribution in [0.25, 0.3) is 0 Å². The van der Waals surface area contributed by atoms with Crippen molar-refractivity contribution in [3.05, 3.63) is 34.1 Å². The topological polar surface area (TPSA) is 23.8 Å². The van der Waals surface area contributed by atoms with Crippen molar-refractivity contribution in [2.45, 2.75) is 51.9 Å². The first-order valence-corrected chi connectivity index (χ1v) is 8.23. The van der Waals surface area contributed by atoms with E-state index in [-0.39, 0.29) is 11.2 Å². The molecule has 1 aromatic carbocycles. The van der Waals surface area contributed by atoms with Crippen LogP contribution in [0.15, 0.2) is 22.7 Å². The van der Waals surface area contributed by atoms with E-state index in [9.17, 15) is 9.65 Å². The van der Waals surface area contributed by atoms with Gasteiger partial charge in [-0.15, -0.1) is 0 Å². The molecule has 0 aliphatic heterocycles. The fourth-order valence-corrected chi connectivity index (χ4v) is 3.78. The minimum Gasteiger partial charge on any atom is -0.207 e. The van der Waals surface area contributed by atoms with E-state index in [1.807, 2.05) is 0 Å². The van der Waals surface area contributed by atoms with E-state index < -0.39 is 0 Å². The molecule has 1 nitrogen and oxygen atoms in total. The zero-order valence-corrected chi connectivity index (χ0v) is 13.5. The molecule has 0 aromatic heterocycles. The van der Waals surface area contributed by atoms with Gasteiger partial charge >= 0.3 is 0 Å². The first-order chi connectivity index (χ1) is 9.58. The third-order valence-corrected chi connectivity index (χ3v) is 5.28. The summed E-state index contributed by atoms with van der Waals surface area (Å²) in [5, 5.41) is 9.63. The summed E-state index contributed by atoms with van der Waals surface area (Å²) >= 11 is 3.41. The average molecular weight is 338 g/mol. The summed E-state index contributed by atoms with van der Waals surface area (Å²) in [6.07, 6.45) is 7.48. The molecule has 1 fully saturated rings. The van der Waals surface area contributed by atoms with E-state index in [1.54, 1.807) is 6.07 Å². The lowest BCUT2D eigenvalue weighted by Gasteiger charge is -2.35. The van der Waals surface area contributed by atoms with E-state index in [0.29, 0.717) is 0 Å². The molecule has 108 valence electrons. The van der Waals surface area contributed by atoms with Gasteiger partial charge in [0.1, 0.15) is 5.82 Å². The molecule has 0 heterocycles. The van der Waals surface area contributed by atoms with Crippen molar-refractivity contribution < 1.29 is 4.39 Å². The summed E-state index contributed by atoms with van der Waals surface area (Å²) in [5.74, 6) is 0.552. The normalized spacial score (nSPS) is 26.2. The standard InChI is InChI=1S/C17H21BrFN/c1-2-3-13-6-8-17(12-20,9-7-13)11-14-4-5-15(19)10-16(14)18/h4-5,10,13H,2-3,6-9,11H2,1H3. The first kappa shape index (κ1) is 15.5. The molecule has 0 N–H and O–H groups in total. The van der Waals surface area contributed by atoms with Crippen LogP contribution in [0.4, 0.5) is 4.39 Å². The average Bonchev–Trinajstić information content (AvgIpc) is 2.45. The highest BCUT2D eigenvalue weighted by Gasteiger charge is 2.35. The van der Waals surface area contributed by atoms with E-state index >= 15 is 0 Å². The lowest BCUT2D eigenvalue weighted by molar-refractivity contribution is 0.200. The number of halogens is 2. The molecule has 2 rings (SSSR count). The van der Waals surface area contributed by atoms with Gasteiger partial charge in [-0.3, -0.25) is 0 Å². The van der Waals surface area contributed by atoms with Crippen LogP contribution in [0.5, 0.6) is 0 Å². The van der Waals surface area contributed by atoms with Gasteiger partial charge in [0.05, 0.1) is 11.5 Å². The van der Waals surface area contributed by atoms with Crippen molar-refractivity contribution in [2.75, 3.05) is 0 Å². The molecule has 0 unspecified atom stereocenters. The lowest BCUT2D eigenvalue weighted by atomic mass is 9.67. The third kappa shape index (κ3) is 3.61. The smallest absolute Gasteiger partial charge is 0.124 e. The van der Waals surface area contributed by atoms with Crippen molar-refractivity contribution in [3.8, 4) is 6.07 Å². The maximum atomic E-state index is 13.1. The van der Waals surface area contributed by atoms with Crippen LogP contribution in [-0.2, 0) is 6.42 Å². The predicted octanol–water partition coefficient (Wildman–Crippen LogP) is 5.63. The predicted molar refractivity (Wildman–Crippen MR) is 82.7 cm³/mol. The molecule has 20 heavy (non-hydrogen) atoms. The molecule has 1 aliphatic rings.